The Balaban J connectivity index is 2.85. The molecule has 1 rings (SSSR count). The fourth-order valence-corrected chi connectivity index (χ4v) is 2.72. The summed E-state index contributed by atoms with van der Waals surface area (Å²) >= 11 is 6.36. The molecule has 0 N–H and O–H groups in total. The summed E-state index contributed by atoms with van der Waals surface area (Å²) in [6, 6.07) is 3.75. The molecule has 1 unspecified atom stereocenters. The van der Waals surface area contributed by atoms with Crippen LogP contribution < -0.4 is 9.47 Å². The minimum Gasteiger partial charge on any atom is -0.490 e. The van der Waals surface area contributed by atoms with Gasteiger partial charge in [-0.2, -0.15) is 0 Å². The molecule has 0 radical (unpaired) electrons. The number of hydrogen-bond acceptors (Lipinski definition) is 3. The van der Waals surface area contributed by atoms with Crippen molar-refractivity contribution in [3.05, 3.63) is 22.7 Å². The summed E-state index contributed by atoms with van der Waals surface area (Å²) in [6.07, 6.45) is 2.93. The Labute approximate surface area is 139 Å². The van der Waals surface area contributed by atoms with Crippen LogP contribution in [0, 0.1) is 5.92 Å². The van der Waals surface area contributed by atoms with Gasteiger partial charge >= 0.3 is 0 Å². The SMILES string of the molecule is CCCC(=O)CC(C)Cc1cc(OCC)c(OCC)cc1Cl. The van der Waals surface area contributed by atoms with E-state index in [1.165, 1.54) is 0 Å². The van der Waals surface area contributed by atoms with Crippen LogP contribution >= 0.6 is 11.6 Å². The zero-order valence-corrected chi connectivity index (χ0v) is 14.8. The van der Waals surface area contributed by atoms with Crippen molar-refractivity contribution in [2.75, 3.05) is 13.2 Å². The highest BCUT2D eigenvalue weighted by Gasteiger charge is 2.15. The Morgan fingerprint density at radius 2 is 1.73 bits per heavy atom. The van der Waals surface area contributed by atoms with E-state index < -0.39 is 0 Å². The van der Waals surface area contributed by atoms with Crippen LogP contribution in [0.2, 0.25) is 5.02 Å². The smallest absolute Gasteiger partial charge is 0.162 e. The van der Waals surface area contributed by atoms with E-state index in [0.717, 1.165) is 24.2 Å². The van der Waals surface area contributed by atoms with Gasteiger partial charge in [-0.05, 0) is 44.2 Å². The van der Waals surface area contributed by atoms with E-state index in [1.807, 2.05) is 32.9 Å². The fourth-order valence-electron chi connectivity index (χ4n) is 2.49. The van der Waals surface area contributed by atoms with E-state index in [4.69, 9.17) is 21.1 Å². The molecular weight excluding hydrogens is 300 g/mol. The van der Waals surface area contributed by atoms with Crippen LogP contribution in [0.1, 0.15) is 52.5 Å². The molecule has 0 aromatic heterocycles. The van der Waals surface area contributed by atoms with Crippen LogP contribution in [-0.2, 0) is 11.2 Å². The van der Waals surface area contributed by atoms with Crippen molar-refractivity contribution in [1.82, 2.24) is 0 Å². The molecule has 0 amide bonds. The number of Topliss-reactive ketones (excluding diaryl/α,β-unsaturated/α-hetero) is 1. The van der Waals surface area contributed by atoms with Gasteiger partial charge in [-0.15, -0.1) is 0 Å². The lowest BCUT2D eigenvalue weighted by Crippen LogP contribution is -2.08. The number of halogens is 1. The third-order valence-electron chi connectivity index (χ3n) is 3.39. The summed E-state index contributed by atoms with van der Waals surface area (Å²) in [6.45, 7) is 9.12. The molecule has 4 heteroatoms. The first-order valence-electron chi connectivity index (χ1n) is 8.11. The molecule has 1 aromatic rings. The highest BCUT2D eigenvalue weighted by molar-refractivity contribution is 6.31. The largest absolute Gasteiger partial charge is 0.490 e. The zero-order chi connectivity index (χ0) is 16.5. The van der Waals surface area contributed by atoms with E-state index in [0.29, 0.717) is 42.6 Å². The highest BCUT2D eigenvalue weighted by atomic mass is 35.5. The minimum atomic E-state index is 0.268. The van der Waals surface area contributed by atoms with E-state index in [1.54, 1.807) is 0 Å². The molecule has 124 valence electrons. The normalized spacial score (nSPS) is 12.0. The monoisotopic (exact) mass is 326 g/mol. The molecule has 0 heterocycles. The van der Waals surface area contributed by atoms with Crippen LogP contribution in [-0.4, -0.2) is 19.0 Å². The van der Waals surface area contributed by atoms with Gasteiger partial charge in [-0.1, -0.05) is 25.4 Å². The average molecular weight is 327 g/mol. The Morgan fingerprint density at radius 3 is 2.27 bits per heavy atom. The molecule has 0 fully saturated rings. The van der Waals surface area contributed by atoms with Gasteiger partial charge in [-0.3, -0.25) is 4.79 Å². The van der Waals surface area contributed by atoms with Gasteiger partial charge in [0.2, 0.25) is 0 Å². The average Bonchev–Trinajstić information content (AvgIpc) is 2.44. The van der Waals surface area contributed by atoms with Crippen molar-refractivity contribution in [2.24, 2.45) is 5.92 Å². The molecule has 0 saturated heterocycles. The summed E-state index contributed by atoms with van der Waals surface area (Å²) in [5, 5.41) is 0.668. The summed E-state index contributed by atoms with van der Waals surface area (Å²) in [5.74, 6) is 1.98. The molecule has 0 aliphatic rings. The van der Waals surface area contributed by atoms with Gasteiger partial charge in [0, 0.05) is 23.9 Å². The molecule has 3 nitrogen and oxygen atoms in total. The molecule has 0 aliphatic heterocycles. The van der Waals surface area contributed by atoms with Crippen LogP contribution in [0.5, 0.6) is 11.5 Å². The summed E-state index contributed by atoms with van der Waals surface area (Å²) in [4.78, 5) is 11.8. The topological polar surface area (TPSA) is 35.5 Å². The Bertz CT molecular complexity index is 485. The van der Waals surface area contributed by atoms with Gasteiger partial charge in [-0.25, -0.2) is 0 Å². The Hall–Kier alpha value is -1.22. The number of ether oxygens (including phenoxy) is 2. The molecule has 0 saturated carbocycles. The lowest BCUT2D eigenvalue weighted by molar-refractivity contribution is -0.119. The highest BCUT2D eigenvalue weighted by Crippen LogP contribution is 2.35. The van der Waals surface area contributed by atoms with Crippen molar-refractivity contribution in [3.8, 4) is 11.5 Å². The lowest BCUT2D eigenvalue weighted by atomic mass is 9.94. The van der Waals surface area contributed by atoms with Crippen LogP contribution in [0.4, 0.5) is 0 Å². The van der Waals surface area contributed by atoms with Gasteiger partial charge < -0.3 is 9.47 Å². The number of ketones is 1. The summed E-state index contributed by atoms with van der Waals surface area (Å²) < 4.78 is 11.2. The van der Waals surface area contributed by atoms with Crippen LogP contribution in [0.3, 0.4) is 0 Å². The van der Waals surface area contributed by atoms with E-state index >= 15 is 0 Å². The molecular formula is C18H27ClO3. The quantitative estimate of drug-likeness (QED) is 0.601. The maximum absolute atomic E-state index is 11.8. The predicted molar refractivity (Wildman–Crippen MR) is 91.2 cm³/mol. The van der Waals surface area contributed by atoms with Crippen LogP contribution in [0.25, 0.3) is 0 Å². The number of carbonyl (C=O) groups excluding carboxylic acids is 1. The molecule has 0 bridgehead atoms. The number of hydrogen-bond donors (Lipinski definition) is 0. The molecule has 0 spiro atoms. The van der Waals surface area contributed by atoms with Gasteiger partial charge in [0.25, 0.3) is 0 Å². The first kappa shape index (κ1) is 18.8. The third-order valence-corrected chi connectivity index (χ3v) is 3.74. The van der Waals surface area contributed by atoms with Gasteiger partial charge in [0.05, 0.1) is 13.2 Å². The van der Waals surface area contributed by atoms with E-state index in [-0.39, 0.29) is 5.92 Å². The summed E-state index contributed by atoms with van der Waals surface area (Å²) in [5.41, 5.74) is 1.00. The third kappa shape index (κ3) is 5.88. The lowest BCUT2D eigenvalue weighted by Gasteiger charge is -2.16. The fraction of sp³-hybridized carbons (Fsp3) is 0.611. The molecule has 1 atom stereocenters. The van der Waals surface area contributed by atoms with E-state index in [2.05, 4.69) is 6.92 Å². The Kier molecular flexibility index (Phi) is 8.32. The predicted octanol–water partition coefficient (Wildman–Crippen LogP) is 5.08. The molecule has 22 heavy (non-hydrogen) atoms. The second kappa shape index (κ2) is 9.73. The number of rotatable bonds is 10. The first-order chi connectivity index (χ1) is 10.5. The van der Waals surface area contributed by atoms with Crippen molar-refractivity contribution >= 4 is 17.4 Å². The van der Waals surface area contributed by atoms with Crippen LogP contribution in [0.15, 0.2) is 12.1 Å². The maximum Gasteiger partial charge on any atom is 0.162 e. The van der Waals surface area contributed by atoms with E-state index in [9.17, 15) is 4.79 Å². The van der Waals surface area contributed by atoms with Gasteiger partial charge in [0.1, 0.15) is 5.78 Å². The second-order valence-corrected chi connectivity index (χ2v) is 5.97. The van der Waals surface area contributed by atoms with Crippen molar-refractivity contribution < 1.29 is 14.3 Å². The molecule has 1 aromatic carbocycles. The number of carbonyl (C=O) groups is 1. The minimum absolute atomic E-state index is 0.268. The maximum atomic E-state index is 11.8. The van der Waals surface area contributed by atoms with Crippen molar-refractivity contribution in [3.63, 3.8) is 0 Å². The van der Waals surface area contributed by atoms with Crippen molar-refractivity contribution in [2.45, 2.75) is 53.4 Å². The molecule has 0 aliphatic carbocycles. The standard InChI is InChI=1S/C18H27ClO3/c1-5-8-15(20)10-13(4)9-14-11-17(21-6-2)18(22-7-3)12-16(14)19/h11-13H,5-10H2,1-4H3. The first-order valence-corrected chi connectivity index (χ1v) is 8.49. The summed E-state index contributed by atoms with van der Waals surface area (Å²) in [7, 11) is 0. The van der Waals surface area contributed by atoms with Crippen molar-refractivity contribution in [1.29, 1.82) is 0 Å². The zero-order valence-electron chi connectivity index (χ0n) is 14.1. The second-order valence-electron chi connectivity index (χ2n) is 5.56. The van der Waals surface area contributed by atoms with Gasteiger partial charge in [0.15, 0.2) is 11.5 Å². The number of benzene rings is 1. The Morgan fingerprint density at radius 1 is 1.14 bits per heavy atom.